The van der Waals surface area contributed by atoms with Crippen LogP contribution in [0.4, 0.5) is 0 Å². The number of likely N-dealkylation sites (tertiary alicyclic amines) is 2. The van der Waals surface area contributed by atoms with Crippen molar-refractivity contribution in [3.05, 3.63) is 42.1 Å². The van der Waals surface area contributed by atoms with Gasteiger partial charge in [-0.05, 0) is 50.0 Å². The van der Waals surface area contributed by atoms with Crippen LogP contribution in [0.2, 0.25) is 0 Å². The van der Waals surface area contributed by atoms with Crippen molar-refractivity contribution in [3.63, 3.8) is 0 Å². The summed E-state index contributed by atoms with van der Waals surface area (Å²) in [6, 6.07) is 4.33. The standard InChI is InChI=1S/C21H32N6O/c1-22-21(27-11-8-17(16-27)18-13-24-25(2)15-18)23-14-19(20-7-6-12-28-20)26-9-4-3-5-10-26/h6-7,12-13,15,17,19H,3-5,8-11,14,16H2,1-2H3,(H,22,23). The number of guanidine groups is 1. The number of piperidine rings is 1. The van der Waals surface area contributed by atoms with Gasteiger partial charge in [0.25, 0.3) is 0 Å². The Labute approximate surface area is 167 Å². The van der Waals surface area contributed by atoms with E-state index in [1.54, 1.807) is 6.26 Å². The molecule has 1 N–H and O–H groups in total. The normalized spacial score (nSPS) is 22.6. The van der Waals surface area contributed by atoms with E-state index < -0.39 is 0 Å². The highest BCUT2D eigenvalue weighted by Gasteiger charge is 2.29. The lowest BCUT2D eigenvalue weighted by molar-refractivity contribution is 0.146. The molecule has 0 radical (unpaired) electrons. The van der Waals surface area contributed by atoms with Crippen LogP contribution in [0.25, 0.3) is 0 Å². The molecule has 2 aromatic rings. The van der Waals surface area contributed by atoms with Crippen LogP contribution in [0.15, 0.2) is 40.2 Å². The molecule has 7 heteroatoms. The summed E-state index contributed by atoms with van der Waals surface area (Å²) >= 11 is 0. The monoisotopic (exact) mass is 384 g/mol. The second-order valence-electron chi connectivity index (χ2n) is 7.93. The molecule has 2 aliphatic rings. The lowest BCUT2D eigenvalue weighted by Crippen LogP contribution is -2.45. The van der Waals surface area contributed by atoms with Crippen LogP contribution >= 0.6 is 0 Å². The maximum absolute atomic E-state index is 5.77. The summed E-state index contributed by atoms with van der Waals surface area (Å²) in [6.07, 6.45) is 10.9. The average molecular weight is 385 g/mol. The Kier molecular flexibility index (Phi) is 6.00. The maximum atomic E-state index is 5.77. The second kappa shape index (κ2) is 8.82. The number of hydrogen-bond acceptors (Lipinski definition) is 4. The van der Waals surface area contributed by atoms with E-state index in [4.69, 9.17) is 4.42 Å². The molecule has 0 amide bonds. The molecule has 0 spiro atoms. The average Bonchev–Trinajstić information content (AvgIpc) is 3.48. The number of furan rings is 1. The molecule has 28 heavy (non-hydrogen) atoms. The van der Waals surface area contributed by atoms with E-state index in [0.717, 1.165) is 50.9 Å². The van der Waals surface area contributed by atoms with E-state index in [1.807, 2.05) is 31.0 Å². The summed E-state index contributed by atoms with van der Waals surface area (Å²) in [4.78, 5) is 9.48. The summed E-state index contributed by atoms with van der Waals surface area (Å²) in [5.41, 5.74) is 1.32. The number of nitrogens with one attached hydrogen (secondary N) is 1. The van der Waals surface area contributed by atoms with E-state index in [2.05, 4.69) is 37.5 Å². The highest BCUT2D eigenvalue weighted by molar-refractivity contribution is 5.80. The molecule has 2 atom stereocenters. The second-order valence-corrected chi connectivity index (χ2v) is 7.93. The molecular formula is C21H32N6O. The zero-order chi connectivity index (χ0) is 19.3. The Morgan fingerprint density at radius 1 is 1.32 bits per heavy atom. The summed E-state index contributed by atoms with van der Waals surface area (Å²) < 4.78 is 7.66. The molecule has 0 bridgehead atoms. The lowest BCUT2D eigenvalue weighted by Gasteiger charge is -2.34. The minimum Gasteiger partial charge on any atom is -0.468 e. The summed E-state index contributed by atoms with van der Waals surface area (Å²) in [7, 11) is 3.86. The minimum atomic E-state index is 0.253. The van der Waals surface area contributed by atoms with Gasteiger partial charge in [-0.25, -0.2) is 0 Å². The van der Waals surface area contributed by atoms with Crippen LogP contribution in [-0.4, -0.2) is 65.3 Å². The zero-order valence-electron chi connectivity index (χ0n) is 17.0. The molecular weight excluding hydrogens is 352 g/mol. The van der Waals surface area contributed by atoms with Crippen LogP contribution in [-0.2, 0) is 7.05 Å². The van der Waals surface area contributed by atoms with Gasteiger partial charge in [0.15, 0.2) is 5.96 Å². The van der Waals surface area contributed by atoms with Gasteiger partial charge in [-0.1, -0.05) is 6.42 Å². The molecule has 0 aromatic carbocycles. The van der Waals surface area contributed by atoms with Crippen molar-refractivity contribution >= 4 is 5.96 Å². The molecule has 0 saturated carbocycles. The van der Waals surface area contributed by atoms with Crippen molar-refractivity contribution in [3.8, 4) is 0 Å². The Morgan fingerprint density at radius 2 is 2.18 bits per heavy atom. The number of aliphatic imine (C=N–C) groups is 1. The third-order valence-electron chi connectivity index (χ3n) is 6.05. The smallest absolute Gasteiger partial charge is 0.193 e. The van der Waals surface area contributed by atoms with Crippen LogP contribution in [0.3, 0.4) is 0 Å². The maximum Gasteiger partial charge on any atom is 0.193 e. The molecule has 152 valence electrons. The van der Waals surface area contributed by atoms with Gasteiger partial charge in [0.1, 0.15) is 5.76 Å². The Morgan fingerprint density at radius 3 is 2.86 bits per heavy atom. The highest BCUT2D eigenvalue weighted by Crippen LogP contribution is 2.27. The largest absolute Gasteiger partial charge is 0.468 e. The van der Waals surface area contributed by atoms with Crippen LogP contribution in [0.1, 0.15) is 49.0 Å². The minimum absolute atomic E-state index is 0.253. The van der Waals surface area contributed by atoms with Crippen molar-refractivity contribution in [2.45, 2.75) is 37.6 Å². The Hall–Kier alpha value is -2.28. The SMILES string of the molecule is CN=C(NCC(c1ccco1)N1CCCCC1)N1CCC(c2cnn(C)c2)C1. The number of rotatable bonds is 5. The van der Waals surface area contributed by atoms with Crippen molar-refractivity contribution in [2.75, 3.05) is 39.8 Å². The van der Waals surface area contributed by atoms with E-state index in [-0.39, 0.29) is 6.04 Å². The molecule has 2 aliphatic heterocycles. The Bertz CT molecular complexity index is 762. The fourth-order valence-corrected chi connectivity index (χ4v) is 4.52. The predicted octanol–water partition coefficient (Wildman–Crippen LogP) is 2.61. The molecule has 2 unspecified atom stereocenters. The first-order chi connectivity index (χ1) is 13.7. The van der Waals surface area contributed by atoms with E-state index in [1.165, 1.54) is 24.8 Å². The summed E-state index contributed by atoms with van der Waals surface area (Å²) in [5, 5.41) is 7.96. The fraction of sp³-hybridized carbons (Fsp3) is 0.619. The third-order valence-corrected chi connectivity index (χ3v) is 6.05. The van der Waals surface area contributed by atoms with Gasteiger partial charge in [-0.15, -0.1) is 0 Å². The molecule has 7 nitrogen and oxygen atoms in total. The van der Waals surface area contributed by atoms with Gasteiger partial charge >= 0.3 is 0 Å². The fourth-order valence-electron chi connectivity index (χ4n) is 4.52. The first kappa shape index (κ1) is 19.1. The van der Waals surface area contributed by atoms with Gasteiger partial charge < -0.3 is 14.6 Å². The molecule has 4 rings (SSSR count). The van der Waals surface area contributed by atoms with E-state index in [0.29, 0.717) is 5.92 Å². The predicted molar refractivity (Wildman–Crippen MR) is 110 cm³/mol. The molecule has 4 heterocycles. The molecule has 2 saturated heterocycles. The van der Waals surface area contributed by atoms with Gasteiger partial charge in [-0.2, -0.15) is 5.10 Å². The highest BCUT2D eigenvalue weighted by atomic mass is 16.3. The van der Waals surface area contributed by atoms with Crippen molar-refractivity contribution in [1.82, 2.24) is 24.9 Å². The first-order valence-electron chi connectivity index (χ1n) is 10.5. The van der Waals surface area contributed by atoms with Crippen LogP contribution < -0.4 is 5.32 Å². The van der Waals surface area contributed by atoms with Gasteiger partial charge in [0.05, 0.1) is 18.5 Å². The number of aromatic nitrogens is 2. The zero-order valence-corrected chi connectivity index (χ0v) is 17.0. The number of nitrogens with zero attached hydrogens (tertiary/aromatic N) is 5. The van der Waals surface area contributed by atoms with Crippen molar-refractivity contribution in [1.29, 1.82) is 0 Å². The van der Waals surface area contributed by atoms with E-state index >= 15 is 0 Å². The topological polar surface area (TPSA) is 61.8 Å². The summed E-state index contributed by atoms with van der Waals surface area (Å²) in [5.74, 6) is 2.55. The van der Waals surface area contributed by atoms with Gasteiger partial charge in [-0.3, -0.25) is 14.6 Å². The van der Waals surface area contributed by atoms with Crippen molar-refractivity contribution < 1.29 is 4.42 Å². The number of hydrogen-bond donors (Lipinski definition) is 1. The quantitative estimate of drug-likeness (QED) is 0.634. The van der Waals surface area contributed by atoms with Gasteiger partial charge in [0.2, 0.25) is 0 Å². The molecule has 2 aromatic heterocycles. The molecule has 0 aliphatic carbocycles. The van der Waals surface area contributed by atoms with Crippen molar-refractivity contribution in [2.24, 2.45) is 12.0 Å². The first-order valence-corrected chi connectivity index (χ1v) is 10.5. The van der Waals surface area contributed by atoms with Crippen LogP contribution in [0.5, 0.6) is 0 Å². The summed E-state index contributed by atoms with van der Waals surface area (Å²) in [6.45, 7) is 5.10. The van der Waals surface area contributed by atoms with Crippen LogP contribution in [0, 0.1) is 0 Å². The third kappa shape index (κ3) is 4.24. The number of aryl methyl sites for hydroxylation is 1. The Balaban J connectivity index is 1.38. The molecule has 2 fully saturated rings. The lowest BCUT2D eigenvalue weighted by atomic mass is 10.0. The van der Waals surface area contributed by atoms with Gasteiger partial charge in [0, 0.05) is 45.8 Å². The van der Waals surface area contributed by atoms with E-state index in [9.17, 15) is 0 Å².